The van der Waals surface area contributed by atoms with Crippen molar-refractivity contribution in [1.29, 1.82) is 0 Å². The minimum absolute atomic E-state index is 0. The van der Waals surface area contributed by atoms with Gasteiger partial charge in [-0.05, 0) is 49.9 Å². The molecule has 152 valence electrons. The van der Waals surface area contributed by atoms with Crippen LogP contribution >= 0.6 is 12.4 Å². The van der Waals surface area contributed by atoms with Gasteiger partial charge in [-0.1, -0.05) is 13.8 Å². The second kappa shape index (κ2) is 10.6. The molecule has 1 aliphatic heterocycles. The van der Waals surface area contributed by atoms with Crippen LogP contribution in [0.2, 0.25) is 0 Å². The van der Waals surface area contributed by atoms with Crippen molar-refractivity contribution >= 4 is 29.9 Å². The molecule has 0 aromatic heterocycles. The van der Waals surface area contributed by atoms with Crippen molar-refractivity contribution in [2.75, 3.05) is 32.1 Å². The number of nitrogens with one attached hydrogen (secondary N) is 1. The first-order valence-corrected chi connectivity index (χ1v) is 9.44. The monoisotopic (exact) mass is 397 g/mol. The van der Waals surface area contributed by atoms with Gasteiger partial charge in [0, 0.05) is 44.1 Å². The molecule has 0 unspecified atom stereocenters. The molecule has 27 heavy (non-hydrogen) atoms. The van der Waals surface area contributed by atoms with Crippen LogP contribution in [0, 0.1) is 5.41 Å². The summed E-state index contributed by atoms with van der Waals surface area (Å²) in [6.45, 7) is 5.67. The summed E-state index contributed by atoms with van der Waals surface area (Å²) in [6.07, 6.45) is 3.12. The summed E-state index contributed by atoms with van der Waals surface area (Å²) in [4.78, 5) is 27.0. The molecule has 1 fully saturated rings. The number of anilines is 1. The maximum absolute atomic E-state index is 12.7. The number of benzene rings is 1. The number of amides is 2. The van der Waals surface area contributed by atoms with Crippen LogP contribution in [-0.4, -0.2) is 49.6 Å². The summed E-state index contributed by atoms with van der Waals surface area (Å²) < 4.78 is 5.36. The highest BCUT2D eigenvalue weighted by Crippen LogP contribution is 2.27. The lowest BCUT2D eigenvalue weighted by molar-refractivity contribution is -0.125. The average Bonchev–Trinajstić information content (AvgIpc) is 2.70. The number of halogens is 1. The van der Waals surface area contributed by atoms with Gasteiger partial charge in [-0.3, -0.25) is 9.59 Å². The molecule has 2 rings (SSSR count). The number of hydrogen-bond acceptors (Lipinski definition) is 4. The van der Waals surface area contributed by atoms with E-state index in [0.29, 0.717) is 43.9 Å². The summed E-state index contributed by atoms with van der Waals surface area (Å²) in [7, 11) is 1.84. The van der Waals surface area contributed by atoms with Gasteiger partial charge in [-0.25, -0.2) is 0 Å². The molecule has 1 saturated heterocycles. The Balaban J connectivity index is 0.00000364. The fourth-order valence-electron chi connectivity index (χ4n) is 3.35. The van der Waals surface area contributed by atoms with E-state index in [0.717, 1.165) is 12.8 Å². The molecule has 0 spiro atoms. The van der Waals surface area contributed by atoms with Crippen LogP contribution in [0.15, 0.2) is 24.3 Å². The first kappa shape index (κ1) is 23.4. The molecule has 1 aliphatic rings. The van der Waals surface area contributed by atoms with E-state index < -0.39 is 5.41 Å². The fraction of sp³-hybridized carbons (Fsp3) is 0.600. The number of ether oxygens (including phenoxy) is 1. The normalized spacial score (nSPS) is 15.0. The van der Waals surface area contributed by atoms with Crippen LogP contribution < -0.4 is 11.1 Å². The summed E-state index contributed by atoms with van der Waals surface area (Å²) in [5.41, 5.74) is 6.59. The molecule has 2 amide bonds. The number of nitrogens with zero attached hydrogens (tertiary/aromatic N) is 1. The van der Waals surface area contributed by atoms with E-state index in [-0.39, 0.29) is 30.3 Å². The predicted octanol–water partition coefficient (Wildman–Crippen LogP) is 3.06. The maximum atomic E-state index is 12.7. The van der Waals surface area contributed by atoms with Crippen molar-refractivity contribution < 1.29 is 14.3 Å². The number of rotatable bonds is 7. The zero-order valence-corrected chi connectivity index (χ0v) is 17.3. The number of nitrogens with two attached hydrogens (primary N) is 1. The lowest BCUT2D eigenvalue weighted by Crippen LogP contribution is -2.41. The second-order valence-electron chi connectivity index (χ2n) is 6.98. The Morgan fingerprint density at radius 3 is 2.22 bits per heavy atom. The van der Waals surface area contributed by atoms with Gasteiger partial charge in [0.2, 0.25) is 5.91 Å². The Morgan fingerprint density at radius 1 is 1.19 bits per heavy atom. The van der Waals surface area contributed by atoms with Crippen molar-refractivity contribution in [2.45, 2.75) is 45.6 Å². The highest BCUT2D eigenvalue weighted by atomic mass is 35.5. The van der Waals surface area contributed by atoms with E-state index in [2.05, 4.69) is 5.32 Å². The maximum Gasteiger partial charge on any atom is 0.253 e. The summed E-state index contributed by atoms with van der Waals surface area (Å²) in [6, 6.07) is 7.28. The van der Waals surface area contributed by atoms with E-state index in [1.165, 1.54) is 0 Å². The molecule has 0 bridgehead atoms. The van der Waals surface area contributed by atoms with Crippen molar-refractivity contribution in [1.82, 2.24) is 4.90 Å². The third-order valence-electron chi connectivity index (χ3n) is 5.67. The van der Waals surface area contributed by atoms with E-state index in [1.54, 1.807) is 29.2 Å². The van der Waals surface area contributed by atoms with Gasteiger partial charge in [0.05, 0.1) is 5.41 Å². The smallest absolute Gasteiger partial charge is 0.253 e. The van der Waals surface area contributed by atoms with E-state index in [9.17, 15) is 9.59 Å². The van der Waals surface area contributed by atoms with Gasteiger partial charge < -0.3 is 20.7 Å². The first-order chi connectivity index (χ1) is 12.5. The topological polar surface area (TPSA) is 84.7 Å². The van der Waals surface area contributed by atoms with Crippen LogP contribution in [0.25, 0.3) is 0 Å². The molecule has 7 heteroatoms. The van der Waals surface area contributed by atoms with Crippen molar-refractivity contribution in [2.24, 2.45) is 11.1 Å². The Labute approximate surface area is 168 Å². The Bertz CT molecular complexity index is 603. The standard InChI is InChI=1S/C20H31N3O3.ClH/c1-4-20(5-2,14-21)19(25)22-16-8-6-15(7-9-16)18(24)23(3)17-10-12-26-13-11-17;/h6-9,17H,4-5,10-14,21H2,1-3H3,(H,22,25);1H. The van der Waals surface area contributed by atoms with Gasteiger partial charge in [0.15, 0.2) is 0 Å². The van der Waals surface area contributed by atoms with E-state index in [4.69, 9.17) is 10.5 Å². The average molecular weight is 398 g/mol. The van der Waals surface area contributed by atoms with Gasteiger partial charge in [-0.15, -0.1) is 12.4 Å². The van der Waals surface area contributed by atoms with E-state index in [1.807, 2.05) is 20.9 Å². The van der Waals surface area contributed by atoms with Gasteiger partial charge >= 0.3 is 0 Å². The summed E-state index contributed by atoms with van der Waals surface area (Å²) in [5.74, 6) is -0.0726. The van der Waals surface area contributed by atoms with Gasteiger partial charge in [0.1, 0.15) is 0 Å². The highest BCUT2D eigenvalue weighted by molar-refractivity contribution is 5.97. The van der Waals surface area contributed by atoms with Gasteiger partial charge in [0.25, 0.3) is 5.91 Å². The lowest BCUT2D eigenvalue weighted by atomic mass is 9.81. The molecule has 1 aromatic carbocycles. The van der Waals surface area contributed by atoms with Gasteiger partial charge in [-0.2, -0.15) is 0 Å². The minimum Gasteiger partial charge on any atom is -0.381 e. The van der Waals surface area contributed by atoms with Crippen LogP contribution in [0.4, 0.5) is 5.69 Å². The van der Waals surface area contributed by atoms with Crippen LogP contribution in [-0.2, 0) is 9.53 Å². The predicted molar refractivity (Wildman–Crippen MR) is 110 cm³/mol. The Kier molecular flexibility index (Phi) is 9.22. The summed E-state index contributed by atoms with van der Waals surface area (Å²) in [5, 5.41) is 2.93. The molecule has 0 radical (unpaired) electrons. The molecule has 0 atom stereocenters. The second-order valence-corrected chi connectivity index (χ2v) is 6.98. The van der Waals surface area contributed by atoms with Crippen LogP contribution in [0.3, 0.4) is 0 Å². The number of hydrogen-bond donors (Lipinski definition) is 2. The Hall–Kier alpha value is -1.63. The third-order valence-corrected chi connectivity index (χ3v) is 5.67. The SMILES string of the molecule is CCC(CC)(CN)C(=O)Nc1ccc(C(=O)N(C)C2CCOCC2)cc1.Cl. The Morgan fingerprint density at radius 2 is 1.74 bits per heavy atom. The number of carbonyl (C=O) groups excluding carboxylic acids is 2. The molecule has 0 aliphatic carbocycles. The molecule has 0 saturated carbocycles. The molecular formula is C20H32ClN3O3. The van der Waals surface area contributed by atoms with Crippen molar-refractivity contribution in [3.8, 4) is 0 Å². The zero-order valence-electron chi connectivity index (χ0n) is 16.5. The van der Waals surface area contributed by atoms with Crippen LogP contribution in [0.5, 0.6) is 0 Å². The van der Waals surface area contributed by atoms with Crippen molar-refractivity contribution in [3.63, 3.8) is 0 Å². The molecule has 1 aromatic rings. The quantitative estimate of drug-likeness (QED) is 0.740. The third kappa shape index (κ3) is 5.43. The minimum atomic E-state index is -0.544. The van der Waals surface area contributed by atoms with Crippen molar-refractivity contribution in [3.05, 3.63) is 29.8 Å². The summed E-state index contributed by atoms with van der Waals surface area (Å²) >= 11 is 0. The molecular weight excluding hydrogens is 366 g/mol. The lowest BCUT2D eigenvalue weighted by Gasteiger charge is -2.31. The van der Waals surface area contributed by atoms with E-state index >= 15 is 0 Å². The highest BCUT2D eigenvalue weighted by Gasteiger charge is 2.33. The van der Waals surface area contributed by atoms with Crippen LogP contribution in [0.1, 0.15) is 49.9 Å². The zero-order chi connectivity index (χ0) is 19.2. The first-order valence-electron chi connectivity index (χ1n) is 9.44. The molecule has 3 N–H and O–H groups in total. The molecule has 1 heterocycles. The molecule has 6 nitrogen and oxygen atoms in total. The largest absolute Gasteiger partial charge is 0.381 e. The number of carbonyl (C=O) groups is 2. The fourth-order valence-corrected chi connectivity index (χ4v) is 3.35.